The molecule has 0 heterocycles. The maximum absolute atomic E-state index is 12.9. The topological polar surface area (TPSA) is 24.7 Å². The number of hydrogen-bond donors (Lipinski definition) is 0. The summed E-state index contributed by atoms with van der Waals surface area (Å²) in [6.07, 6.45) is 4.14. The van der Waals surface area contributed by atoms with Crippen LogP contribution in [-0.4, -0.2) is 12.4 Å². The molecule has 2 rings (SSSR count). The van der Waals surface area contributed by atoms with Gasteiger partial charge in [-0.1, -0.05) is 36.4 Å². The largest absolute Gasteiger partial charge is 0.416 e. The summed E-state index contributed by atoms with van der Waals surface area (Å²) in [7, 11) is 0. The van der Waals surface area contributed by atoms with Crippen LogP contribution in [0.3, 0.4) is 0 Å². The summed E-state index contributed by atoms with van der Waals surface area (Å²) in [5.74, 6) is 0. The summed E-state index contributed by atoms with van der Waals surface area (Å²) >= 11 is 0. The minimum absolute atomic E-state index is 0.147. The Morgan fingerprint density at radius 2 is 1.03 bits per heavy atom. The van der Waals surface area contributed by atoms with Crippen molar-refractivity contribution in [2.24, 2.45) is 9.98 Å². The van der Waals surface area contributed by atoms with Crippen LogP contribution in [0.2, 0.25) is 0 Å². The van der Waals surface area contributed by atoms with Gasteiger partial charge in [-0.15, -0.1) is 0 Å². The molecule has 0 spiro atoms. The van der Waals surface area contributed by atoms with Gasteiger partial charge in [0, 0.05) is 12.4 Å². The predicted molar refractivity (Wildman–Crippen MR) is 125 cm³/mol. The molecule has 0 fully saturated rings. The molecule has 0 atom stereocenters. The molecule has 0 aromatic heterocycles. The second-order valence-electron chi connectivity index (χ2n) is 6.90. The van der Waals surface area contributed by atoms with Crippen LogP contribution in [-0.2, 0) is 12.4 Å². The van der Waals surface area contributed by atoms with Crippen LogP contribution in [0.15, 0.2) is 106 Å². The van der Waals surface area contributed by atoms with Crippen molar-refractivity contribution in [2.75, 3.05) is 0 Å². The van der Waals surface area contributed by atoms with E-state index in [0.717, 1.165) is 24.3 Å². The fourth-order valence-electron chi connectivity index (χ4n) is 2.79. The first-order valence-electron chi connectivity index (χ1n) is 10.1. The molecular weight excluding hydrogens is 454 g/mol. The molecule has 0 radical (unpaired) electrons. The van der Waals surface area contributed by atoms with Gasteiger partial charge in [-0.3, -0.25) is 9.98 Å². The van der Waals surface area contributed by atoms with Crippen molar-refractivity contribution >= 4 is 23.8 Å². The van der Waals surface area contributed by atoms with Gasteiger partial charge in [-0.25, -0.2) is 0 Å². The van der Waals surface area contributed by atoms with E-state index in [1.54, 1.807) is 50.3 Å². The zero-order valence-corrected chi connectivity index (χ0v) is 18.4. The molecule has 2 aromatic rings. The highest BCUT2D eigenvalue weighted by molar-refractivity contribution is 5.82. The predicted octanol–water partition coefficient (Wildman–Crippen LogP) is 8.83. The zero-order chi connectivity index (χ0) is 25.2. The maximum atomic E-state index is 12.9. The summed E-state index contributed by atoms with van der Waals surface area (Å²) in [4.78, 5) is 8.16. The van der Waals surface area contributed by atoms with Gasteiger partial charge in [0.1, 0.15) is 0 Å². The number of rotatable bonds is 7. The quantitative estimate of drug-likeness (QED) is 0.217. The first kappa shape index (κ1) is 26.6. The molecule has 0 unspecified atom stereocenters. The third-order valence-electron chi connectivity index (χ3n) is 4.33. The van der Waals surface area contributed by atoms with Crippen LogP contribution < -0.4 is 0 Å². The molecule has 2 aromatic carbocycles. The molecule has 8 heteroatoms. The summed E-state index contributed by atoms with van der Waals surface area (Å²) in [6.45, 7) is 3.59. The molecule has 0 N–H and O–H groups in total. The minimum atomic E-state index is -4.46. The molecule has 178 valence electrons. The van der Waals surface area contributed by atoms with E-state index in [2.05, 4.69) is 9.98 Å². The van der Waals surface area contributed by atoms with Crippen LogP contribution in [0, 0.1) is 0 Å². The fourth-order valence-corrected chi connectivity index (χ4v) is 2.79. The van der Waals surface area contributed by atoms with Gasteiger partial charge in [-0.05, 0) is 73.5 Å². The standard InChI is InChI=1S/C26H22F6N2/c1-3-7-19(13-15-33-23-11-5-9-21(17-23)25(27,28)29)20(8-4-2)14-16-34-24-12-6-10-22(18-24)26(30,31)32/h3-18H,1-2H3/b7-3-,8-4-,19-13-,20-14+,33-15+,34-16+. The number of alkyl halides is 6. The lowest BCUT2D eigenvalue weighted by atomic mass is 10.0. The smallest absolute Gasteiger partial charge is 0.257 e. The van der Waals surface area contributed by atoms with Crippen LogP contribution in [0.25, 0.3) is 0 Å². The Morgan fingerprint density at radius 3 is 1.35 bits per heavy atom. The Morgan fingerprint density at radius 1 is 0.647 bits per heavy atom. The van der Waals surface area contributed by atoms with Gasteiger partial charge in [-0.2, -0.15) is 26.3 Å². The molecule has 34 heavy (non-hydrogen) atoms. The van der Waals surface area contributed by atoms with E-state index in [-0.39, 0.29) is 11.4 Å². The van der Waals surface area contributed by atoms with Crippen molar-refractivity contribution in [1.29, 1.82) is 0 Å². The SMILES string of the molecule is C\C=C/C(=C/C=N/c1cccc(C(F)(F)F)c1)C(/C=C\C)=C/C=N/c1cccc(C(F)(F)F)c1. The highest BCUT2D eigenvalue weighted by Crippen LogP contribution is 2.32. The van der Waals surface area contributed by atoms with Crippen molar-refractivity contribution in [3.63, 3.8) is 0 Å². The number of halogens is 6. The van der Waals surface area contributed by atoms with Gasteiger partial charge in [0.25, 0.3) is 0 Å². The van der Waals surface area contributed by atoms with Crippen LogP contribution in [0.5, 0.6) is 0 Å². The van der Waals surface area contributed by atoms with Gasteiger partial charge in [0.2, 0.25) is 0 Å². The van der Waals surface area contributed by atoms with Crippen molar-refractivity contribution in [1.82, 2.24) is 0 Å². The van der Waals surface area contributed by atoms with E-state index in [4.69, 9.17) is 0 Å². The number of hydrogen-bond acceptors (Lipinski definition) is 2. The van der Waals surface area contributed by atoms with Crippen LogP contribution >= 0.6 is 0 Å². The normalized spacial score (nSPS) is 14.4. The molecule has 0 aliphatic rings. The fraction of sp³-hybridized carbons (Fsp3) is 0.154. The van der Waals surface area contributed by atoms with E-state index < -0.39 is 23.5 Å². The lowest BCUT2D eigenvalue weighted by Crippen LogP contribution is -2.03. The Labute approximate surface area is 194 Å². The average Bonchev–Trinajstić information content (AvgIpc) is 2.77. The summed E-state index contributed by atoms with van der Waals surface area (Å²) in [5, 5.41) is 0. The first-order valence-corrected chi connectivity index (χ1v) is 10.1. The van der Waals surface area contributed by atoms with E-state index in [9.17, 15) is 26.3 Å². The Bertz CT molecular complexity index is 1050. The van der Waals surface area contributed by atoms with E-state index >= 15 is 0 Å². The van der Waals surface area contributed by atoms with Gasteiger partial charge >= 0.3 is 12.4 Å². The molecular formula is C26H22F6N2. The van der Waals surface area contributed by atoms with Crippen molar-refractivity contribution in [3.8, 4) is 0 Å². The van der Waals surface area contributed by atoms with E-state index in [1.807, 2.05) is 0 Å². The number of allylic oxidation sites excluding steroid dienone is 8. The van der Waals surface area contributed by atoms with Gasteiger partial charge in [0.15, 0.2) is 0 Å². The molecule has 0 saturated carbocycles. The number of nitrogens with zero attached hydrogens (tertiary/aromatic N) is 2. The summed E-state index contributed by atoms with van der Waals surface area (Å²) < 4.78 is 77.2. The molecule has 0 aliphatic heterocycles. The van der Waals surface area contributed by atoms with Crippen LogP contribution in [0.4, 0.5) is 37.7 Å². The Hall–Kier alpha value is -3.68. The van der Waals surface area contributed by atoms with Gasteiger partial charge in [0.05, 0.1) is 22.5 Å². The third-order valence-corrected chi connectivity index (χ3v) is 4.33. The Balaban J connectivity index is 2.32. The lowest BCUT2D eigenvalue weighted by Gasteiger charge is -2.06. The second-order valence-corrected chi connectivity index (χ2v) is 6.90. The van der Waals surface area contributed by atoms with Crippen LogP contribution in [0.1, 0.15) is 25.0 Å². The molecule has 2 nitrogen and oxygen atoms in total. The van der Waals surface area contributed by atoms with Crippen molar-refractivity contribution < 1.29 is 26.3 Å². The molecule has 0 bridgehead atoms. The van der Waals surface area contributed by atoms with Gasteiger partial charge < -0.3 is 0 Å². The van der Waals surface area contributed by atoms with Crippen molar-refractivity contribution in [3.05, 3.63) is 107 Å². The first-order chi connectivity index (χ1) is 16.0. The lowest BCUT2D eigenvalue weighted by molar-refractivity contribution is -0.138. The second kappa shape index (κ2) is 12.0. The number of benzene rings is 2. The summed E-state index contributed by atoms with van der Waals surface area (Å²) in [6, 6.07) is 9.31. The highest BCUT2D eigenvalue weighted by Gasteiger charge is 2.31. The highest BCUT2D eigenvalue weighted by atomic mass is 19.4. The summed E-state index contributed by atoms with van der Waals surface area (Å²) in [5.41, 5.74) is 0.0565. The monoisotopic (exact) mass is 476 g/mol. The Kier molecular flexibility index (Phi) is 9.36. The minimum Gasteiger partial charge on any atom is -0.257 e. The van der Waals surface area contributed by atoms with E-state index in [1.165, 1.54) is 36.7 Å². The average molecular weight is 476 g/mol. The maximum Gasteiger partial charge on any atom is 0.416 e. The van der Waals surface area contributed by atoms with Crippen molar-refractivity contribution in [2.45, 2.75) is 26.2 Å². The number of aliphatic imine (C=N–C) groups is 2. The molecule has 0 aliphatic carbocycles. The molecule has 0 amide bonds. The third kappa shape index (κ3) is 8.35. The molecule has 0 saturated heterocycles. The zero-order valence-electron chi connectivity index (χ0n) is 18.4. The van der Waals surface area contributed by atoms with E-state index in [0.29, 0.717) is 11.1 Å².